The maximum Gasteiger partial charge on any atom is 0.407 e. The first kappa shape index (κ1) is 30.2. The van der Waals surface area contributed by atoms with Gasteiger partial charge < -0.3 is 30.9 Å². The Hall–Kier alpha value is -3.78. The summed E-state index contributed by atoms with van der Waals surface area (Å²) in [4.78, 5) is 74.8. The van der Waals surface area contributed by atoms with E-state index in [1.54, 1.807) is 14.1 Å². The average molecular weight is 606 g/mol. The first-order valence-electron chi connectivity index (χ1n) is 13.1. The molecule has 1 fully saturated rings. The lowest BCUT2D eigenvalue weighted by molar-refractivity contribution is -0.137. The molecular weight excluding hydrogens is 574 g/mol. The Morgan fingerprint density at radius 3 is 2.44 bits per heavy atom. The lowest BCUT2D eigenvalue weighted by Gasteiger charge is -2.37. The number of pyridine rings is 1. The number of nitrogens with zero attached hydrogens (tertiary/aromatic N) is 4. The van der Waals surface area contributed by atoms with Crippen LogP contribution in [0.4, 0.5) is 10.6 Å². The van der Waals surface area contributed by atoms with Crippen molar-refractivity contribution in [2.24, 2.45) is 5.92 Å². The van der Waals surface area contributed by atoms with E-state index in [0.29, 0.717) is 37.1 Å². The molecule has 0 spiro atoms. The second-order valence-electron chi connectivity index (χ2n) is 10.4. The number of carbonyl (C=O) groups is 5. The fourth-order valence-electron chi connectivity index (χ4n) is 5.12. The topological polar surface area (TPSA) is 174 Å². The molecule has 0 aromatic carbocycles. The van der Waals surface area contributed by atoms with Crippen LogP contribution in [-0.2, 0) is 27.2 Å². The average Bonchev–Trinajstić information content (AvgIpc) is 3.38. The van der Waals surface area contributed by atoms with Crippen LogP contribution in [0.5, 0.6) is 0 Å². The molecule has 2 aliphatic rings. The van der Waals surface area contributed by atoms with E-state index in [1.165, 1.54) is 46.5 Å². The molecule has 4 N–H and O–H groups in total. The molecule has 4 rings (SSSR count). The van der Waals surface area contributed by atoms with E-state index in [4.69, 9.17) is 11.6 Å². The van der Waals surface area contributed by atoms with Crippen molar-refractivity contribution >= 4 is 58.5 Å². The highest BCUT2D eigenvalue weighted by atomic mass is 35.5. The number of likely N-dealkylation sites (N-methyl/N-ethyl adjacent to an activating group) is 1. The van der Waals surface area contributed by atoms with E-state index in [9.17, 15) is 29.1 Å². The molecule has 2 aromatic rings. The van der Waals surface area contributed by atoms with Crippen LogP contribution in [0.15, 0.2) is 18.3 Å². The molecule has 5 amide bonds. The van der Waals surface area contributed by atoms with Gasteiger partial charge >= 0.3 is 17.9 Å². The van der Waals surface area contributed by atoms with Crippen LogP contribution in [0, 0.1) is 5.92 Å². The predicted octanol–water partition coefficient (Wildman–Crippen LogP) is 1.77. The third-order valence-electron chi connectivity index (χ3n) is 7.41. The van der Waals surface area contributed by atoms with Crippen LogP contribution in [0.25, 0.3) is 0 Å². The number of thiazole rings is 1. The van der Waals surface area contributed by atoms with Gasteiger partial charge in [-0.15, -0.1) is 11.3 Å². The Kier molecular flexibility index (Phi) is 9.43. The minimum Gasteiger partial charge on any atom is -0.465 e. The van der Waals surface area contributed by atoms with E-state index < -0.39 is 35.9 Å². The van der Waals surface area contributed by atoms with Crippen LogP contribution in [0.3, 0.4) is 0 Å². The van der Waals surface area contributed by atoms with E-state index in [2.05, 4.69) is 25.9 Å². The summed E-state index contributed by atoms with van der Waals surface area (Å²) in [6.45, 7) is 0. The smallest absolute Gasteiger partial charge is 0.407 e. The third kappa shape index (κ3) is 7.30. The lowest BCUT2D eigenvalue weighted by atomic mass is 9.81. The summed E-state index contributed by atoms with van der Waals surface area (Å²) < 4.78 is 0. The number of fused-ring (bicyclic) bond motifs is 1. The van der Waals surface area contributed by atoms with E-state index >= 15 is 0 Å². The van der Waals surface area contributed by atoms with Crippen molar-refractivity contribution in [3.8, 4) is 0 Å². The zero-order valence-electron chi connectivity index (χ0n) is 22.8. The van der Waals surface area contributed by atoms with E-state index in [0.717, 1.165) is 10.6 Å². The number of carboxylic acid groups (broad SMARTS) is 1. The number of hydrogen-bond acceptors (Lipinski definition) is 8. The zero-order valence-corrected chi connectivity index (χ0v) is 24.4. The first-order chi connectivity index (χ1) is 19.4. The molecule has 4 atom stereocenters. The highest BCUT2D eigenvalue weighted by Gasteiger charge is 2.38. The fraction of sp³-hybridized carbons (Fsp3) is 0.500. The zero-order chi connectivity index (χ0) is 29.8. The number of amides is 5. The van der Waals surface area contributed by atoms with Crippen LogP contribution in [-0.4, -0.2) is 93.9 Å². The molecule has 15 heteroatoms. The molecule has 0 radical (unpaired) electrons. The monoisotopic (exact) mass is 605 g/mol. The molecule has 2 heterocycles. The van der Waals surface area contributed by atoms with Gasteiger partial charge in [-0.25, -0.2) is 14.8 Å². The summed E-state index contributed by atoms with van der Waals surface area (Å²) in [5.41, 5.74) is 0.775. The van der Waals surface area contributed by atoms with Crippen molar-refractivity contribution in [3.63, 3.8) is 0 Å². The van der Waals surface area contributed by atoms with E-state index in [-0.39, 0.29) is 35.1 Å². The molecular formula is C26H32ClN7O6S. The van der Waals surface area contributed by atoms with Crippen LogP contribution in [0.2, 0.25) is 5.02 Å². The quantitative estimate of drug-likeness (QED) is 0.360. The number of rotatable bonds is 6. The standard InChI is InChI=1S/C26H32ClN7O6S/c1-33(2)25(38)13-4-7-16(29-21(35)22(36)32-20-9-5-14(27)12-28-20)18(10-13)30-23(37)24-31-17-8-6-15(11-19(17)41-24)34(3)26(39)40/h5,9,12-13,15-16,18H,4,6-8,10-11H2,1-3H3,(H,29,35)(H,30,37)(H,39,40)(H,28,32,36)/t13-,15?,16-,18+/m0/s1. The van der Waals surface area contributed by atoms with Gasteiger partial charge in [0.2, 0.25) is 5.91 Å². The maximum absolute atomic E-state index is 13.3. The maximum atomic E-state index is 13.3. The van der Waals surface area contributed by atoms with Crippen molar-refractivity contribution < 1.29 is 29.1 Å². The van der Waals surface area contributed by atoms with Gasteiger partial charge in [0, 0.05) is 56.6 Å². The van der Waals surface area contributed by atoms with Gasteiger partial charge in [0.25, 0.3) is 5.91 Å². The molecule has 2 aromatic heterocycles. The lowest BCUT2D eigenvalue weighted by Crippen LogP contribution is -2.57. The van der Waals surface area contributed by atoms with Gasteiger partial charge in [0.1, 0.15) is 5.82 Å². The van der Waals surface area contributed by atoms with Gasteiger partial charge in [-0.05, 0) is 44.2 Å². The highest BCUT2D eigenvalue weighted by molar-refractivity contribution is 7.13. The Morgan fingerprint density at radius 1 is 1.02 bits per heavy atom. The van der Waals surface area contributed by atoms with Crippen molar-refractivity contribution in [3.05, 3.63) is 38.9 Å². The second-order valence-corrected chi connectivity index (χ2v) is 11.9. The molecule has 1 saturated carbocycles. The largest absolute Gasteiger partial charge is 0.465 e. The summed E-state index contributed by atoms with van der Waals surface area (Å²) in [6, 6.07) is 1.55. The summed E-state index contributed by atoms with van der Waals surface area (Å²) in [5, 5.41) is 18.0. The number of carbonyl (C=O) groups excluding carboxylic acids is 4. The number of anilines is 1. The number of aryl methyl sites for hydroxylation is 1. The van der Waals surface area contributed by atoms with E-state index in [1.807, 2.05) is 0 Å². The SMILES string of the molecule is CN(C)C(=O)[C@H]1CC[C@H](NC(=O)C(=O)Nc2ccc(Cl)cn2)[C@H](NC(=O)c2nc3c(s2)CC(N(C)C(=O)O)CC3)C1. The normalized spacial score (nSPS) is 21.7. The van der Waals surface area contributed by atoms with Gasteiger partial charge in [0.05, 0.1) is 16.8 Å². The molecule has 1 unspecified atom stereocenters. The summed E-state index contributed by atoms with van der Waals surface area (Å²) in [7, 11) is 4.85. The van der Waals surface area contributed by atoms with Crippen molar-refractivity contribution in [1.29, 1.82) is 0 Å². The number of halogens is 1. The molecule has 0 bridgehead atoms. The molecule has 13 nitrogen and oxygen atoms in total. The van der Waals surface area contributed by atoms with Gasteiger partial charge in [-0.1, -0.05) is 11.6 Å². The first-order valence-corrected chi connectivity index (χ1v) is 14.3. The Morgan fingerprint density at radius 2 is 1.78 bits per heavy atom. The van der Waals surface area contributed by atoms with Crippen molar-refractivity contribution in [1.82, 2.24) is 30.4 Å². The molecule has 41 heavy (non-hydrogen) atoms. The summed E-state index contributed by atoms with van der Waals surface area (Å²) >= 11 is 7.03. The second kappa shape index (κ2) is 12.8. The minimum absolute atomic E-state index is 0.0844. The van der Waals surface area contributed by atoms with Crippen LogP contribution in [0.1, 0.15) is 46.1 Å². The van der Waals surface area contributed by atoms with Gasteiger partial charge in [0.15, 0.2) is 5.01 Å². The molecule has 0 saturated heterocycles. The van der Waals surface area contributed by atoms with Gasteiger partial charge in [-0.3, -0.25) is 19.2 Å². The van der Waals surface area contributed by atoms with Crippen molar-refractivity contribution in [2.75, 3.05) is 26.5 Å². The van der Waals surface area contributed by atoms with Gasteiger partial charge in [-0.2, -0.15) is 0 Å². The fourth-order valence-corrected chi connectivity index (χ4v) is 6.31. The predicted molar refractivity (Wildman–Crippen MR) is 151 cm³/mol. The third-order valence-corrected chi connectivity index (χ3v) is 8.75. The minimum atomic E-state index is -1.01. The van der Waals surface area contributed by atoms with Crippen molar-refractivity contribution in [2.45, 2.75) is 56.7 Å². The summed E-state index contributed by atoms with van der Waals surface area (Å²) in [5.74, 6) is -2.58. The Labute approximate surface area is 245 Å². The summed E-state index contributed by atoms with van der Waals surface area (Å²) in [6.07, 6.45) is 3.08. The highest BCUT2D eigenvalue weighted by Crippen LogP contribution is 2.30. The number of nitrogens with one attached hydrogen (secondary N) is 3. The van der Waals surface area contributed by atoms with Crippen LogP contribution < -0.4 is 16.0 Å². The Bertz CT molecular complexity index is 1330. The van der Waals surface area contributed by atoms with Crippen LogP contribution >= 0.6 is 22.9 Å². The molecule has 220 valence electrons. The molecule has 0 aliphatic heterocycles. The number of hydrogen-bond donors (Lipinski definition) is 4. The molecule has 2 aliphatic carbocycles. The number of aromatic nitrogens is 2. The Balaban J connectivity index is 1.46.